The smallest absolute Gasteiger partial charge is 0.207 e. The number of aliphatic hydroxyl groups is 2. The van der Waals surface area contributed by atoms with Crippen LogP contribution in [0.3, 0.4) is 0 Å². The summed E-state index contributed by atoms with van der Waals surface area (Å²) >= 11 is 0. The molecule has 0 saturated heterocycles. The molecule has 4 nitrogen and oxygen atoms in total. The molecule has 196 valence electrons. The highest BCUT2D eigenvalue weighted by atomic mass is 31.2. The van der Waals surface area contributed by atoms with Gasteiger partial charge < -0.3 is 10.2 Å². The third-order valence-corrected chi connectivity index (χ3v) is 10.4. The van der Waals surface area contributed by atoms with E-state index in [2.05, 4.69) is 0 Å². The number of likely N-dealkylation sites (N-methyl/N-ethyl adjacent to an activating group) is 1. The third kappa shape index (κ3) is 5.38. The maximum Gasteiger partial charge on any atom is 0.207 e. The Hall–Kier alpha value is -3.79. The lowest BCUT2D eigenvalue weighted by atomic mass is 9.96. The zero-order chi connectivity index (χ0) is 27.2. The van der Waals surface area contributed by atoms with Crippen molar-refractivity contribution in [2.45, 2.75) is 18.2 Å². The second kappa shape index (κ2) is 11.9. The van der Waals surface area contributed by atoms with E-state index in [4.69, 9.17) is 0 Å². The summed E-state index contributed by atoms with van der Waals surface area (Å²) in [4.78, 5) is 0. The van der Waals surface area contributed by atoms with Gasteiger partial charge in [-0.3, -0.25) is 4.57 Å². The molecule has 39 heavy (non-hydrogen) atoms. The fourth-order valence-corrected chi connectivity index (χ4v) is 8.19. The summed E-state index contributed by atoms with van der Waals surface area (Å²) in [7, 11) is -1.80. The van der Waals surface area contributed by atoms with Gasteiger partial charge in [-0.05, 0) is 47.5 Å². The molecule has 0 aromatic heterocycles. The van der Waals surface area contributed by atoms with Gasteiger partial charge in [-0.15, -0.1) is 0 Å². The Kier molecular flexibility index (Phi) is 8.21. The van der Waals surface area contributed by atoms with Gasteiger partial charge in [0.05, 0.1) is 12.1 Å². The Balaban J connectivity index is 1.72. The van der Waals surface area contributed by atoms with Gasteiger partial charge in [0.2, 0.25) is 7.29 Å². The predicted molar refractivity (Wildman–Crippen MR) is 159 cm³/mol. The van der Waals surface area contributed by atoms with Crippen LogP contribution in [0.2, 0.25) is 0 Å². The Labute approximate surface area is 230 Å². The lowest BCUT2D eigenvalue weighted by Gasteiger charge is -2.39. The molecule has 2 N–H and O–H groups in total. The van der Waals surface area contributed by atoms with E-state index < -0.39 is 25.5 Å². The largest absolute Gasteiger partial charge is 0.386 e. The second-order valence-corrected chi connectivity index (χ2v) is 12.3. The van der Waals surface area contributed by atoms with Crippen LogP contribution in [-0.2, 0) is 4.57 Å². The first-order valence-corrected chi connectivity index (χ1v) is 14.7. The molecule has 0 aliphatic carbocycles. The molecule has 0 radical (unpaired) electrons. The molecular formula is C34H32NO3P. The molecule has 0 bridgehead atoms. The van der Waals surface area contributed by atoms with Crippen LogP contribution in [0.1, 0.15) is 40.5 Å². The summed E-state index contributed by atoms with van der Waals surface area (Å²) in [5.41, 5.74) is 2.86. The summed E-state index contributed by atoms with van der Waals surface area (Å²) in [5, 5.41) is 24.5. The molecule has 5 aromatic rings. The van der Waals surface area contributed by atoms with Crippen LogP contribution in [0.5, 0.6) is 0 Å². The Morgan fingerprint density at radius 2 is 1.00 bits per heavy atom. The van der Waals surface area contributed by atoms with Crippen LogP contribution in [0.25, 0.3) is 0 Å². The van der Waals surface area contributed by atoms with Crippen LogP contribution < -0.4 is 10.6 Å². The number of hydrogen-bond acceptors (Lipinski definition) is 3. The third-order valence-electron chi connectivity index (χ3n) is 7.21. The molecule has 0 unspecified atom stereocenters. The predicted octanol–water partition coefficient (Wildman–Crippen LogP) is 6.40. The molecule has 0 fully saturated rings. The number of aliphatic hydroxyl groups excluding tert-OH is 2. The molecular weight excluding hydrogens is 501 g/mol. The highest BCUT2D eigenvalue weighted by Gasteiger charge is 2.42. The van der Waals surface area contributed by atoms with Crippen LogP contribution in [0.4, 0.5) is 0 Å². The summed E-state index contributed by atoms with van der Waals surface area (Å²) in [6.07, 6.45) is -1.93. The second-order valence-electron chi connectivity index (χ2n) is 9.57. The molecule has 5 aromatic carbocycles. The SMILES string of the molecule is CN([C@H](c1ccccc1)[C@@H](O)c1ccccc1)[P@](=O)(c1ccccc1)c1ccccc1[C@H](O)c1ccccc1. The van der Waals surface area contributed by atoms with Crippen LogP contribution in [-0.4, -0.2) is 21.9 Å². The van der Waals surface area contributed by atoms with Crippen molar-refractivity contribution < 1.29 is 14.8 Å². The van der Waals surface area contributed by atoms with Gasteiger partial charge in [0, 0.05) is 10.6 Å². The fourth-order valence-electron chi connectivity index (χ4n) is 5.19. The zero-order valence-corrected chi connectivity index (χ0v) is 22.7. The molecule has 5 rings (SSSR count). The van der Waals surface area contributed by atoms with Gasteiger partial charge in [-0.2, -0.15) is 0 Å². The Morgan fingerprint density at radius 3 is 1.56 bits per heavy atom. The van der Waals surface area contributed by atoms with Crippen LogP contribution in [0.15, 0.2) is 146 Å². The van der Waals surface area contributed by atoms with E-state index in [1.54, 1.807) is 0 Å². The van der Waals surface area contributed by atoms with Crippen molar-refractivity contribution in [1.29, 1.82) is 0 Å². The first-order valence-electron chi connectivity index (χ1n) is 13.0. The van der Waals surface area contributed by atoms with Gasteiger partial charge in [-0.1, -0.05) is 127 Å². The lowest BCUT2D eigenvalue weighted by molar-refractivity contribution is 0.0987. The van der Waals surface area contributed by atoms with Crippen LogP contribution >= 0.6 is 7.29 Å². The van der Waals surface area contributed by atoms with Gasteiger partial charge in [-0.25, -0.2) is 4.67 Å². The molecule has 0 amide bonds. The van der Waals surface area contributed by atoms with Crippen molar-refractivity contribution in [2.75, 3.05) is 7.05 Å². The van der Waals surface area contributed by atoms with E-state index in [1.165, 1.54) is 0 Å². The average molecular weight is 534 g/mol. The lowest BCUT2D eigenvalue weighted by Crippen LogP contribution is -2.36. The molecule has 0 aliphatic heterocycles. The van der Waals surface area contributed by atoms with Crippen molar-refractivity contribution >= 4 is 17.9 Å². The quantitative estimate of drug-likeness (QED) is 0.215. The summed E-state index contributed by atoms with van der Waals surface area (Å²) < 4.78 is 17.5. The zero-order valence-electron chi connectivity index (χ0n) is 21.8. The first kappa shape index (κ1) is 26.8. The minimum absolute atomic E-state index is 0.538. The highest BCUT2D eigenvalue weighted by Crippen LogP contribution is 2.54. The van der Waals surface area contributed by atoms with Crippen LogP contribution in [0, 0.1) is 0 Å². The van der Waals surface area contributed by atoms with E-state index >= 15 is 4.57 Å². The maximum atomic E-state index is 15.7. The van der Waals surface area contributed by atoms with E-state index in [-0.39, 0.29) is 0 Å². The Bertz CT molecular complexity index is 1530. The normalized spacial score (nSPS) is 15.3. The monoisotopic (exact) mass is 533 g/mol. The van der Waals surface area contributed by atoms with Crippen molar-refractivity contribution in [3.63, 3.8) is 0 Å². The standard InChI is InChI=1S/C34H32NO3P/c1-35(32(26-16-6-2-7-17-26)34(37)28-20-10-4-11-21-28)39(38,29-22-12-5-13-23-29)31-25-15-14-24-30(31)33(36)27-18-8-3-9-19-27/h2-25,32-34,36-37H,1H3/t32-,33-,34+,39+/m1/s1. The van der Waals surface area contributed by atoms with E-state index in [1.807, 2.05) is 157 Å². The summed E-state index contributed by atoms with van der Waals surface area (Å²) in [5.74, 6) is 0. The molecule has 4 atom stereocenters. The van der Waals surface area contributed by atoms with Crippen molar-refractivity contribution in [2.24, 2.45) is 0 Å². The molecule has 0 spiro atoms. The molecule has 0 heterocycles. The van der Waals surface area contributed by atoms with E-state index in [0.29, 0.717) is 16.2 Å². The average Bonchev–Trinajstić information content (AvgIpc) is 3.02. The van der Waals surface area contributed by atoms with Crippen molar-refractivity contribution in [1.82, 2.24) is 4.67 Å². The van der Waals surface area contributed by atoms with Gasteiger partial charge in [0.1, 0.15) is 6.10 Å². The number of rotatable bonds is 9. The summed E-state index contributed by atoms with van der Waals surface area (Å²) in [6.45, 7) is 0. The number of benzene rings is 5. The fraction of sp³-hybridized carbons (Fsp3) is 0.118. The van der Waals surface area contributed by atoms with Gasteiger partial charge in [0.15, 0.2) is 0 Å². The van der Waals surface area contributed by atoms with E-state index in [0.717, 1.165) is 16.7 Å². The Morgan fingerprint density at radius 1 is 0.564 bits per heavy atom. The van der Waals surface area contributed by atoms with Crippen molar-refractivity contribution in [3.05, 3.63) is 168 Å². The number of nitrogens with zero attached hydrogens (tertiary/aromatic N) is 1. The molecule has 0 aliphatic rings. The topological polar surface area (TPSA) is 60.8 Å². The highest BCUT2D eigenvalue weighted by molar-refractivity contribution is 7.76. The maximum absolute atomic E-state index is 15.7. The minimum atomic E-state index is -3.61. The van der Waals surface area contributed by atoms with Crippen molar-refractivity contribution in [3.8, 4) is 0 Å². The molecule has 0 saturated carbocycles. The number of hydrogen-bond donors (Lipinski definition) is 2. The first-order chi connectivity index (χ1) is 19.0. The van der Waals surface area contributed by atoms with Gasteiger partial charge in [0.25, 0.3) is 0 Å². The van der Waals surface area contributed by atoms with Gasteiger partial charge >= 0.3 is 0 Å². The minimum Gasteiger partial charge on any atom is -0.386 e. The summed E-state index contributed by atoms with van der Waals surface area (Å²) in [6, 6.07) is 44.6. The molecule has 5 heteroatoms. The van der Waals surface area contributed by atoms with E-state index in [9.17, 15) is 10.2 Å².